The van der Waals surface area contributed by atoms with E-state index in [1.165, 1.54) is 45.8 Å². The van der Waals surface area contributed by atoms with Crippen LogP contribution in [0.1, 0.15) is 11.3 Å². The van der Waals surface area contributed by atoms with Crippen LogP contribution >= 0.6 is 23.1 Å². The summed E-state index contributed by atoms with van der Waals surface area (Å²) in [7, 11) is 0. The molecular formula is C14H10FN3OS2. The smallest absolute Gasteiger partial charge is 0.267 e. The number of nitrogens with zero attached hydrogens (tertiary/aromatic N) is 3. The van der Waals surface area contributed by atoms with Crippen molar-refractivity contribution in [3.05, 3.63) is 57.8 Å². The molecule has 0 aliphatic heterocycles. The van der Waals surface area contributed by atoms with E-state index in [2.05, 4.69) is 10.1 Å². The Kier molecular flexibility index (Phi) is 3.85. The van der Waals surface area contributed by atoms with E-state index in [4.69, 9.17) is 0 Å². The van der Waals surface area contributed by atoms with Crippen molar-refractivity contribution in [3.63, 3.8) is 0 Å². The van der Waals surface area contributed by atoms with Crippen LogP contribution in [0.4, 0.5) is 4.39 Å². The number of hydrogen-bond acceptors (Lipinski definition) is 5. The summed E-state index contributed by atoms with van der Waals surface area (Å²) in [6, 6.07) is 7.53. The van der Waals surface area contributed by atoms with E-state index in [9.17, 15) is 9.18 Å². The summed E-state index contributed by atoms with van der Waals surface area (Å²) in [5, 5.41) is 4.16. The van der Waals surface area contributed by atoms with E-state index >= 15 is 0 Å². The zero-order valence-corrected chi connectivity index (χ0v) is 12.6. The minimum atomic E-state index is -0.279. The Hall–Kier alpha value is -1.99. The van der Waals surface area contributed by atoms with Crippen molar-refractivity contribution in [2.75, 3.05) is 6.26 Å². The van der Waals surface area contributed by atoms with Crippen LogP contribution in [0.3, 0.4) is 0 Å². The average molecular weight is 319 g/mol. The molecule has 0 saturated carbocycles. The van der Waals surface area contributed by atoms with Crippen molar-refractivity contribution < 1.29 is 4.39 Å². The number of benzene rings is 1. The first-order chi connectivity index (χ1) is 10.2. The number of aromatic nitrogens is 3. The molecule has 3 rings (SSSR count). The average Bonchev–Trinajstić information content (AvgIpc) is 2.90. The molecule has 2 heterocycles. The van der Waals surface area contributed by atoms with E-state index in [0.29, 0.717) is 10.7 Å². The zero-order chi connectivity index (χ0) is 14.8. The molecule has 1 aromatic carbocycles. The molecule has 0 bridgehead atoms. The van der Waals surface area contributed by atoms with Gasteiger partial charge in [-0.15, -0.1) is 5.10 Å². The lowest BCUT2D eigenvalue weighted by Gasteiger charge is -1.95. The Morgan fingerprint density at radius 3 is 2.76 bits per heavy atom. The summed E-state index contributed by atoms with van der Waals surface area (Å²) in [5.74, 6) is -0.279. The van der Waals surface area contributed by atoms with Crippen LogP contribution in [0.2, 0.25) is 0 Å². The lowest BCUT2D eigenvalue weighted by molar-refractivity contribution is 0.628. The van der Waals surface area contributed by atoms with Gasteiger partial charge >= 0.3 is 0 Å². The summed E-state index contributed by atoms with van der Waals surface area (Å²) in [4.78, 5) is 16.9. The Morgan fingerprint density at radius 1 is 1.29 bits per heavy atom. The highest BCUT2D eigenvalue weighted by Gasteiger charge is 2.06. The third-order valence-electron chi connectivity index (χ3n) is 2.74. The highest BCUT2D eigenvalue weighted by molar-refractivity contribution is 8.00. The summed E-state index contributed by atoms with van der Waals surface area (Å²) in [6.45, 7) is 0. The Bertz CT molecular complexity index is 868. The maximum absolute atomic E-state index is 12.8. The van der Waals surface area contributed by atoms with Gasteiger partial charge in [-0.2, -0.15) is 4.52 Å². The standard InChI is InChI=1S/C14H10FN3OS2/c1-20-14-17-18-12(19)8-11(16-13(18)21-14)7-4-9-2-5-10(15)6-3-9/h2-8H,1H3. The highest BCUT2D eigenvalue weighted by Crippen LogP contribution is 2.20. The van der Waals surface area contributed by atoms with Gasteiger partial charge in [0.2, 0.25) is 4.96 Å². The molecule has 0 N–H and O–H groups in total. The van der Waals surface area contributed by atoms with Crippen LogP contribution in [0.5, 0.6) is 0 Å². The van der Waals surface area contributed by atoms with Crippen molar-refractivity contribution in [2.24, 2.45) is 0 Å². The number of fused-ring (bicyclic) bond motifs is 1. The number of thioether (sulfide) groups is 1. The first-order valence-corrected chi connectivity index (χ1v) is 8.08. The Balaban J connectivity index is 1.97. The Morgan fingerprint density at radius 2 is 2.05 bits per heavy atom. The fraction of sp³-hybridized carbons (Fsp3) is 0.0714. The molecule has 0 atom stereocenters. The molecule has 21 heavy (non-hydrogen) atoms. The molecule has 0 fully saturated rings. The molecule has 0 amide bonds. The van der Waals surface area contributed by atoms with Gasteiger partial charge in [-0.05, 0) is 30.0 Å². The molecule has 0 saturated heterocycles. The molecule has 4 nitrogen and oxygen atoms in total. The van der Waals surface area contributed by atoms with Gasteiger partial charge in [0.1, 0.15) is 5.82 Å². The lowest BCUT2D eigenvalue weighted by atomic mass is 10.2. The number of halogens is 1. The first-order valence-electron chi connectivity index (χ1n) is 6.04. The van der Waals surface area contributed by atoms with Gasteiger partial charge in [0.15, 0.2) is 4.34 Å². The van der Waals surface area contributed by atoms with Gasteiger partial charge in [0, 0.05) is 6.07 Å². The third kappa shape index (κ3) is 3.03. The molecule has 0 spiro atoms. The fourth-order valence-corrected chi connectivity index (χ4v) is 3.10. The van der Waals surface area contributed by atoms with Gasteiger partial charge in [-0.25, -0.2) is 9.37 Å². The summed E-state index contributed by atoms with van der Waals surface area (Å²) in [5.41, 5.74) is 1.18. The van der Waals surface area contributed by atoms with Gasteiger partial charge < -0.3 is 0 Å². The number of hydrogen-bond donors (Lipinski definition) is 0. The van der Waals surface area contributed by atoms with Crippen molar-refractivity contribution in [3.8, 4) is 0 Å². The van der Waals surface area contributed by atoms with Gasteiger partial charge in [-0.3, -0.25) is 4.79 Å². The number of rotatable bonds is 3. The molecule has 0 radical (unpaired) electrons. The van der Waals surface area contributed by atoms with Gasteiger partial charge in [0.25, 0.3) is 5.56 Å². The molecule has 0 aliphatic rings. The molecule has 106 valence electrons. The second kappa shape index (κ2) is 5.79. The normalized spacial score (nSPS) is 11.5. The predicted octanol–water partition coefficient (Wildman–Crippen LogP) is 3.18. The summed E-state index contributed by atoms with van der Waals surface area (Å²) < 4.78 is 14.9. The molecular weight excluding hydrogens is 309 g/mol. The molecule has 0 aliphatic carbocycles. The minimum absolute atomic E-state index is 0.213. The van der Waals surface area contributed by atoms with Crippen molar-refractivity contribution in [1.82, 2.24) is 14.6 Å². The largest absolute Gasteiger partial charge is 0.275 e. The van der Waals surface area contributed by atoms with E-state index in [-0.39, 0.29) is 11.4 Å². The fourth-order valence-electron chi connectivity index (χ4n) is 1.73. The predicted molar refractivity (Wildman–Crippen MR) is 84.2 cm³/mol. The Labute approximate surface area is 128 Å². The maximum Gasteiger partial charge on any atom is 0.275 e. The van der Waals surface area contributed by atoms with Crippen LogP contribution in [-0.2, 0) is 0 Å². The van der Waals surface area contributed by atoms with E-state index in [1.54, 1.807) is 24.3 Å². The lowest BCUT2D eigenvalue weighted by Crippen LogP contribution is -2.14. The quantitative estimate of drug-likeness (QED) is 0.696. The van der Waals surface area contributed by atoms with Crippen LogP contribution in [-0.4, -0.2) is 20.9 Å². The monoisotopic (exact) mass is 319 g/mol. The molecule has 0 unspecified atom stereocenters. The van der Waals surface area contributed by atoms with Crippen LogP contribution in [0.25, 0.3) is 17.1 Å². The maximum atomic E-state index is 12.8. The van der Waals surface area contributed by atoms with Crippen LogP contribution in [0, 0.1) is 5.82 Å². The molecule has 2 aromatic heterocycles. The van der Waals surface area contributed by atoms with Crippen LogP contribution < -0.4 is 5.56 Å². The van der Waals surface area contributed by atoms with Crippen molar-refractivity contribution in [1.29, 1.82) is 0 Å². The summed E-state index contributed by atoms with van der Waals surface area (Å²) in [6.07, 6.45) is 5.42. The first kappa shape index (κ1) is 14.0. The van der Waals surface area contributed by atoms with Crippen LogP contribution in [0.15, 0.2) is 39.5 Å². The second-order valence-electron chi connectivity index (χ2n) is 4.17. The van der Waals surface area contributed by atoms with Crippen molar-refractivity contribution >= 4 is 40.2 Å². The van der Waals surface area contributed by atoms with E-state index in [1.807, 2.05) is 6.26 Å². The van der Waals surface area contributed by atoms with Gasteiger partial charge in [-0.1, -0.05) is 41.3 Å². The highest BCUT2D eigenvalue weighted by atomic mass is 32.2. The second-order valence-corrected chi connectivity index (χ2v) is 6.18. The third-order valence-corrected chi connectivity index (χ3v) is 4.62. The minimum Gasteiger partial charge on any atom is -0.267 e. The topological polar surface area (TPSA) is 47.3 Å². The zero-order valence-electron chi connectivity index (χ0n) is 11.0. The SMILES string of the molecule is CSc1nn2c(=O)cc(C=Cc3ccc(F)cc3)nc2s1. The summed E-state index contributed by atoms with van der Waals surface area (Å²) >= 11 is 2.84. The van der Waals surface area contributed by atoms with E-state index < -0.39 is 0 Å². The van der Waals surface area contributed by atoms with Crippen molar-refractivity contribution in [2.45, 2.75) is 4.34 Å². The molecule has 7 heteroatoms. The van der Waals surface area contributed by atoms with E-state index in [0.717, 1.165) is 9.90 Å². The molecule has 3 aromatic rings. The van der Waals surface area contributed by atoms with Gasteiger partial charge in [0.05, 0.1) is 5.69 Å².